The number of benzene rings is 3. The number of nitrogens with zero attached hydrogens (tertiary/aromatic N) is 3. The van der Waals surface area contributed by atoms with Crippen LogP contribution in [-0.4, -0.2) is 78.1 Å². The number of piperazine rings is 1. The van der Waals surface area contributed by atoms with E-state index in [1.54, 1.807) is 13.0 Å². The van der Waals surface area contributed by atoms with Crippen LogP contribution in [0.2, 0.25) is 0 Å². The van der Waals surface area contributed by atoms with Gasteiger partial charge in [0.05, 0.1) is 29.6 Å². The Balaban J connectivity index is 1.27. The van der Waals surface area contributed by atoms with Crippen molar-refractivity contribution in [3.63, 3.8) is 0 Å². The van der Waals surface area contributed by atoms with E-state index in [1.165, 1.54) is 36.4 Å². The third-order valence-corrected chi connectivity index (χ3v) is 8.23. The van der Waals surface area contributed by atoms with Crippen molar-refractivity contribution in [3.05, 3.63) is 135 Å². The van der Waals surface area contributed by atoms with E-state index in [-0.39, 0.29) is 40.7 Å². The summed E-state index contributed by atoms with van der Waals surface area (Å²) in [7, 11) is 1.19. The molecule has 11 heteroatoms. The van der Waals surface area contributed by atoms with Crippen LogP contribution in [-0.2, 0) is 19.1 Å². The minimum absolute atomic E-state index is 0.0621. The summed E-state index contributed by atoms with van der Waals surface area (Å²) in [5, 5.41) is 24.5. The number of nitrogens with one attached hydrogen (secondary N) is 1. The first kappa shape index (κ1) is 31.4. The summed E-state index contributed by atoms with van der Waals surface area (Å²) in [6.45, 7) is 5.39. The number of nitro groups is 1. The van der Waals surface area contributed by atoms with Gasteiger partial charge in [-0.05, 0) is 23.6 Å². The molecule has 0 spiro atoms. The van der Waals surface area contributed by atoms with Crippen molar-refractivity contribution < 1.29 is 29.1 Å². The Hall–Kier alpha value is -5.00. The molecule has 0 bridgehead atoms. The summed E-state index contributed by atoms with van der Waals surface area (Å²) in [6, 6.07) is 26.6. The third kappa shape index (κ3) is 7.05. The van der Waals surface area contributed by atoms with Gasteiger partial charge in [0, 0.05) is 50.6 Å². The average molecular weight is 613 g/mol. The number of allylic oxidation sites excluding steroid dienone is 1. The van der Waals surface area contributed by atoms with Gasteiger partial charge in [0.2, 0.25) is 0 Å². The Morgan fingerprint density at radius 3 is 2.20 bits per heavy atom. The molecular formula is C34H36N4O7. The number of carbonyl (C=O) groups is 2. The van der Waals surface area contributed by atoms with Gasteiger partial charge in [-0.3, -0.25) is 24.7 Å². The largest absolute Gasteiger partial charge is 0.481 e. The Bertz CT molecular complexity index is 1560. The topological polar surface area (TPSA) is 134 Å². The molecule has 0 radical (unpaired) electrons. The van der Waals surface area contributed by atoms with Crippen molar-refractivity contribution in [1.82, 2.24) is 15.1 Å². The zero-order valence-corrected chi connectivity index (χ0v) is 25.2. The lowest BCUT2D eigenvalue weighted by atomic mass is 9.80. The predicted molar refractivity (Wildman–Crippen MR) is 167 cm³/mol. The highest BCUT2D eigenvalue weighted by molar-refractivity contribution is 6.04. The number of rotatable bonds is 10. The quantitative estimate of drug-likeness (QED) is 0.112. The molecule has 5 rings (SSSR count). The maximum atomic E-state index is 13.5. The van der Waals surface area contributed by atoms with E-state index in [0.717, 1.165) is 26.2 Å². The number of amides is 1. The molecular weight excluding hydrogens is 576 g/mol. The zero-order chi connectivity index (χ0) is 31.9. The molecule has 0 saturated carbocycles. The number of hydrogen-bond acceptors (Lipinski definition) is 9. The molecule has 1 unspecified atom stereocenters. The van der Waals surface area contributed by atoms with E-state index in [1.807, 2.05) is 12.1 Å². The summed E-state index contributed by atoms with van der Waals surface area (Å²) >= 11 is 0. The number of aliphatic hydroxyl groups excluding tert-OH is 1. The number of non-ortho nitro benzene ring substituents is 1. The zero-order valence-electron chi connectivity index (χ0n) is 25.2. The number of aliphatic hydroxyl groups is 1. The molecule has 2 N–H and O–H groups in total. The Kier molecular flexibility index (Phi) is 9.91. The molecule has 1 saturated heterocycles. The van der Waals surface area contributed by atoms with Crippen molar-refractivity contribution >= 4 is 17.6 Å². The van der Waals surface area contributed by atoms with Crippen LogP contribution in [0.15, 0.2) is 108 Å². The van der Waals surface area contributed by atoms with Crippen molar-refractivity contribution in [2.24, 2.45) is 0 Å². The summed E-state index contributed by atoms with van der Waals surface area (Å²) in [5.41, 5.74) is 2.58. The average Bonchev–Trinajstić information content (AvgIpc) is 3.06. The standard InChI is InChI=1S/C34H36N4O7/c1-23-28(29(30(32(39)35-23)33(40)44-2)26-14-9-15-27(22-26)38(42)43)34(41)45-21-20-36-16-18-37(19-17-36)31(24-10-5-3-6-11-24)25-12-7-4-8-13-25/h3-15,22,29,31,40H,16-21H2,1-2H3,(H,35,39). The fourth-order valence-electron chi connectivity index (χ4n) is 6.02. The van der Waals surface area contributed by atoms with Crippen molar-refractivity contribution in [2.45, 2.75) is 18.9 Å². The van der Waals surface area contributed by atoms with Gasteiger partial charge in [0.1, 0.15) is 12.2 Å². The molecule has 2 aliphatic rings. The fraction of sp³-hybridized carbons (Fsp3) is 0.294. The summed E-state index contributed by atoms with van der Waals surface area (Å²) in [6.07, 6.45) is 0. The fourth-order valence-corrected chi connectivity index (χ4v) is 6.02. The van der Waals surface area contributed by atoms with Gasteiger partial charge in [0.25, 0.3) is 17.5 Å². The van der Waals surface area contributed by atoms with Gasteiger partial charge in [-0.1, -0.05) is 72.8 Å². The molecule has 0 aliphatic carbocycles. The molecule has 11 nitrogen and oxygen atoms in total. The second kappa shape index (κ2) is 14.2. The first-order valence-electron chi connectivity index (χ1n) is 14.8. The van der Waals surface area contributed by atoms with Crippen LogP contribution < -0.4 is 5.32 Å². The highest BCUT2D eigenvalue weighted by Gasteiger charge is 2.40. The van der Waals surface area contributed by atoms with Crippen LogP contribution in [0.25, 0.3) is 0 Å². The summed E-state index contributed by atoms with van der Waals surface area (Å²) < 4.78 is 10.7. The monoisotopic (exact) mass is 612 g/mol. The van der Waals surface area contributed by atoms with Crippen LogP contribution >= 0.6 is 0 Å². The van der Waals surface area contributed by atoms with Gasteiger partial charge in [-0.25, -0.2) is 4.79 Å². The molecule has 1 fully saturated rings. The van der Waals surface area contributed by atoms with Crippen molar-refractivity contribution in [1.29, 1.82) is 0 Å². The smallest absolute Gasteiger partial charge is 0.336 e. The SMILES string of the molecule is COC(O)=C1C(=O)NC(C)=C(C(=O)OCCN2CCN(C(c3ccccc3)c3ccccc3)CC2)C1c1cccc([N+](=O)[O-])c1. The molecule has 3 aromatic rings. The Labute approximate surface area is 261 Å². The number of carbonyl (C=O) groups excluding carboxylic acids is 2. The Morgan fingerprint density at radius 1 is 1.00 bits per heavy atom. The Morgan fingerprint density at radius 2 is 1.62 bits per heavy atom. The van der Waals surface area contributed by atoms with E-state index >= 15 is 0 Å². The minimum Gasteiger partial charge on any atom is -0.481 e. The second-order valence-corrected chi connectivity index (χ2v) is 10.9. The summed E-state index contributed by atoms with van der Waals surface area (Å²) in [4.78, 5) is 42.1. The highest BCUT2D eigenvalue weighted by atomic mass is 16.6. The molecule has 45 heavy (non-hydrogen) atoms. The lowest BCUT2D eigenvalue weighted by Crippen LogP contribution is -2.48. The predicted octanol–water partition coefficient (Wildman–Crippen LogP) is 4.45. The molecule has 3 aromatic carbocycles. The van der Waals surface area contributed by atoms with Gasteiger partial charge < -0.3 is 19.9 Å². The van der Waals surface area contributed by atoms with Gasteiger partial charge in [0.15, 0.2) is 0 Å². The number of esters is 1. The molecule has 1 amide bonds. The molecule has 1 atom stereocenters. The maximum absolute atomic E-state index is 13.5. The van der Waals surface area contributed by atoms with Gasteiger partial charge in [-0.2, -0.15) is 0 Å². The van der Waals surface area contributed by atoms with Gasteiger partial charge >= 0.3 is 5.97 Å². The van der Waals surface area contributed by atoms with Gasteiger partial charge in [-0.15, -0.1) is 0 Å². The van der Waals surface area contributed by atoms with E-state index in [9.17, 15) is 24.8 Å². The normalized spacial score (nSPS) is 18.8. The maximum Gasteiger partial charge on any atom is 0.336 e. The van der Waals surface area contributed by atoms with Crippen LogP contribution in [0.4, 0.5) is 5.69 Å². The van der Waals surface area contributed by atoms with Crippen molar-refractivity contribution in [2.75, 3.05) is 46.4 Å². The molecule has 2 aliphatic heterocycles. The van der Waals surface area contributed by atoms with Crippen molar-refractivity contribution in [3.8, 4) is 0 Å². The summed E-state index contributed by atoms with van der Waals surface area (Å²) in [5.74, 6) is -3.20. The van der Waals surface area contributed by atoms with E-state index in [0.29, 0.717) is 6.54 Å². The number of nitro benzene ring substituents is 1. The lowest BCUT2D eigenvalue weighted by molar-refractivity contribution is -0.384. The van der Waals surface area contributed by atoms with Crippen LogP contribution in [0.1, 0.15) is 35.6 Å². The first-order valence-corrected chi connectivity index (χ1v) is 14.8. The molecule has 0 aromatic heterocycles. The lowest BCUT2D eigenvalue weighted by Gasteiger charge is -2.39. The van der Waals surface area contributed by atoms with Crippen LogP contribution in [0.3, 0.4) is 0 Å². The second-order valence-electron chi connectivity index (χ2n) is 10.9. The molecule has 2 heterocycles. The van der Waals surface area contributed by atoms with Crippen LogP contribution in [0.5, 0.6) is 0 Å². The van der Waals surface area contributed by atoms with E-state index < -0.39 is 28.7 Å². The minimum atomic E-state index is -1.14. The number of hydrogen-bond donors (Lipinski definition) is 2. The van der Waals surface area contributed by atoms with Crippen LogP contribution in [0, 0.1) is 10.1 Å². The molecule has 234 valence electrons. The number of ether oxygens (including phenoxy) is 2. The van der Waals surface area contributed by atoms with E-state index in [2.05, 4.69) is 63.6 Å². The first-order chi connectivity index (χ1) is 21.8. The highest BCUT2D eigenvalue weighted by Crippen LogP contribution is 2.39. The third-order valence-electron chi connectivity index (χ3n) is 8.23. The number of methoxy groups -OCH3 is 1. The van der Waals surface area contributed by atoms with E-state index in [4.69, 9.17) is 9.47 Å².